The molecular formula is C10H21N. The summed E-state index contributed by atoms with van der Waals surface area (Å²) in [4.78, 5) is 2.64. The van der Waals surface area contributed by atoms with Gasteiger partial charge in [0.2, 0.25) is 0 Å². The molecule has 1 rings (SSSR count). The molecule has 0 radical (unpaired) electrons. The van der Waals surface area contributed by atoms with Crippen LogP contribution in [0.2, 0.25) is 0 Å². The Morgan fingerprint density at radius 3 is 2.45 bits per heavy atom. The molecule has 11 heavy (non-hydrogen) atoms. The normalized spacial score (nSPS) is 33.5. The van der Waals surface area contributed by atoms with E-state index >= 15 is 0 Å². The van der Waals surface area contributed by atoms with E-state index in [1.807, 2.05) is 0 Å². The van der Waals surface area contributed by atoms with Gasteiger partial charge < -0.3 is 0 Å². The fraction of sp³-hybridized carbons (Fsp3) is 1.00. The van der Waals surface area contributed by atoms with Gasteiger partial charge >= 0.3 is 0 Å². The Morgan fingerprint density at radius 1 is 1.45 bits per heavy atom. The second-order valence-electron chi connectivity index (χ2n) is 4.19. The van der Waals surface area contributed by atoms with Crippen molar-refractivity contribution in [3.63, 3.8) is 0 Å². The molecule has 1 heterocycles. The van der Waals surface area contributed by atoms with Crippen LogP contribution in [0.1, 0.15) is 40.5 Å². The zero-order valence-corrected chi connectivity index (χ0v) is 8.30. The van der Waals surface area contributed by atoms with E-state index in [2.05, 4.69) is 32.6 Å². The Morgan fingerprint density at radius 2 is 2.09 bits per heavy atom. The van der Waals surface area contributed by atoms with Gasteiger partial charge in [0, 0.05) is 18.6 Å². The van der Waals surface area contributed by atoms with Crippen LogP contribution >= 0.6 is 0 Å². The number of likely N-dealkylation sites (tertiary alicyclic amines) is 1. The Bertz CT molecular complexity index is 120. The lowest BCUT2D eigenvalue weighted by atomic mass is 10.1. The van der Waals surface area contributed by atoms with Gasteiger partial charge in [-0.25, -0.2) is 0 Å². The summed E-state index contributed by atoms with van der Waals surface area (Å²) < 4.78 is 0. The molecule has 0 aromatic heterocycles. The molecule has 0 amide bonds. The zero-order valence-electron chi connectivity index (χ0n) is 8.30. The second kappa shape index (κ2) is 3.57. The molecule has 0 bridgehead atoms. The van der Waals surface area contributed by atoms with Crippen molar-refractivity contribution >= 4 is 0 Å². The van der Waals surface area contributed by atoms with Crippen molar-refractivity contribution in [3.05, 3.63) is 0 Å². The van der Waals surface area contributed by atoms with Crippen LogP contribution in [0.5, 0.6) is 0 Å². The van der Waals surface area contributed by atoms with E-state index < -0.39 is 0 Å². The van der Waals surface area contributed by atoms with Crippen LogP contribution in [0.4, 0.5) is 0 Å². The average molecular weight is 155 g/mol. The highest BCUT2D eigenvalue weighted by Crippen LogP contribution is 2.26. The molecule has 0 aliphatic carbocycles. The van der Waals surface area contributed by atoms with Gasteiger partial charge in [-0.3, -0.25) is 4.90 Å². The van der Waals surface area contributed by atoms with Crippen molar-refractivity contribution in [2.75, 3.05) is 6.54 Å². The highest BCUT2D eigenvalue weighted by atomic mass is 15.2. The molecule has 1 aliphatic rings. The van der Waals surface area contributed by atoms with Crippen molar-refractivity contribution < 1.29 is 0 Å². The Balaban J connectivity index is 2.50. The third-order valence-electron chi connectivity index (χ3n) is 2.80. The number of rotatable bonds is 2. The van der Waals surface area contributed by atoms with Crippen molar-refractivity contribution in [3.8, 4) is 0 Å². The van der Waals surface area contributed by atoms with Crippen LogP contribution in [0.3, 0.4) is 0 Å². The van der Waals surface area contributed by atoms with Crippen LogP contribution in [-0.4, -0.2) is 23.5 Å². The van der Waals surface area contributed by atoms with Gasteiger partial charge in [0.05, 0.1) is 0 Å². The smallest absolute Gasteiger partial charge is 0.00984 e. The topological polar surface area (TPSA) is 3.24 Å². The van der Waals surface area contributed by atoms with E-state index in [9.17, 15) is 0 Å². The van der Waals surface area contributed by atoms with Gasteiger partial charge in [0.1, 0.15) is 0 Å². The number of hydrogen-bond acceptors (Lipinski definition) is 1. The lowest BCUT2D eigenvalue weighted by Crippen LogP contribution is -2.35. The molecule has 1 fully saturated rings. The van der Waals surface area contributed by atoms with E-state index in [0.29, 0.717) is 0 Å². The van der Waals surface area contributed by atoms with Crippen molar-refractivity contribution in [1.82, 2.24) is 4.90 Å². The Labute approximate surface area is 70.8 Å². The molecule has 1 saturated heterocycles. The lowest BCUT2D eigenvalue weighted by Gasteiger charge is -2.27. The first-order valence-corrected chi connectivity index (χ1v) is 4.90. The van der Waals surface area contributed by atoms with Crippen LogP contribution in [0.15, 0.2) is 0 Å². The SMILES string of the molecule is CC[C@@H]1C[C@H](C)CN1C(C)C. The highest BCUT2D eigenvalue weighted by Gasteiger charge is 2.29. The summed E-state index contributed by atoms with van der Waals surface area (Å²) in [5.74, 6) is 0.919. The highest BCUT2D eigenvalue weighted by molar-refractivity contribution is 4.84. The van der Waals surface area contributed by atoms with Gasteiger partial charge in [-0.2, -0.15) is 0 Å². The average Bonchev–Trinajstić information content (AvgIpc) is 2.30. The number of hydrogen-bond donors (Lipinski definition) is 0. The van der Waals surface area contributed by atoms with E-state index in [4.69, 9.17) is 0 Å². The first kappa shape index (κ1) is 9.05. The minimum Gasteiger partial charge on any atom is -0.298 e. The third-order valence-corrected chi connectivity index (χ3v) is 2.80. The third kappa shape index (κ3) is 1.96. The molecule has 2 atom stereocenters. The molecule has 0 aromatic rings. The summed E-state index contributed by atoms with van der Waals surface area (Å²) in [6, 6.07) is 1.61. The summed E-state index contributed by atoms with van der Waals surface area (Å²) in [7, 11) is 0. The molecule has 66 valence electrons. The van der Waals surface area contributed by atoms with Crippen LogP contribution < -0.4 is 0 Å². The van der Waals surface area contributed by atoms with E-state index in [1.165, 1.54) is 19.4 Å². The Hall–Kier alpha value is -0.0400. The molecule has 1 aliphatic heterocycles. The fourth-order valence-electron chi connectivity index (χ4n) is 2.22. The standard InChI is InChI=1S/C10H21N/c1-5-10-6-9(4)7-11(10)8(2)3/h8-10H,5-7H2,1-4H3/t9-,10+/m0/s1. The molecule has 0 unspecified atom stereocenters. The summed E-state index contributed by atoms with van der Waals surface area (Å²) in [6.07, 6.45) is 2.73. The zero-order chi connectivity index (χ0) is 8.43. The van der Waals surface area contributed by atoms with Crippen molar-refractivity contribution in [1.29, 1.82) is 0 Å². The molecule has 0 saturated carbocycles. The maximum atomic E-state index is 2.64. The van der Waals surface area contributed by atoms with Gasteiger partial charge in [0.25, 0.3) is 0 Å². The molecule has 0 spiro atoms. The van der Waals surface area contributed by atoms with Crippen LogP contribution in [0.25, 0.3) is 0 Å². The van der Waals surface area contributed by atoms with Crippen molar-refractivity contribution in [2.24, 2.45) is 5.92 Å². The summed E-state index contributed by atoms with van der Waals surface area (Å²) in [5, 5.41) is 0. The first-order valence-electron chi connectivity index (χ1n) is 4.90. The monoisotopic (exact) mass is 155 g/mol. The minimum atomic E-state index is 0.741. The van der Waals surface area contributed by atoms with E-state index in [0.717, 1.165) is 18.0 Å². The predicted octanol–water partition coefficient (Wildman–Crippen LogP) is 2.52. The molecule has 0 N–H and O–H groups in total. The first-order chi connectivity index (χ1) is 5.15. The molecule has 0 aromatic carbocycles. The Kier molecular flexibility index (Phi) is 2.94. The number of nitrogens with zero attached hydrogens (tertiary/aromatic N) is 1. The molecule has 1 nitrogen and oxygen atoms in total. The van der Waals surface area contributed by atoms with Gasteiger partial charge in [-0.15, -0.1) is 0 Å². The maximum Gasteiger partial charge on any atom is 0.00984 e. The second-order valence-corrected chi connectivity index (χ2v) is 4.19. The predicted molar refractivity (Wildman–Crippen MR) is 49.7 cm³/mol. The van der Waals surface area contributed by atoms with Crippen LogP contribution in [0, 0.1) is 5.92 Å². The summed E-state index contributed by atoms with van der Waals surface area (Å²) >= 11 is 0. The van der Waals surface area contributed by atoms with E-state index in [1.54, 1.807) is 0 Å². The molecular weight excluding hydrogens is 134 g/mol. The summed E-state index contributed by atoms with van der Waals surface area (Å²) in [6.45, 7) is 10.6. The summed E-state index contributed by atoms with van der Waals surface area (Å²) in [5.41, 5.74) is 0. The van der Waals surface area contributed by atoms with Crippen molar-refractivity contribution in [2.45, 2.75) is 52.6 Å². The fourth-order valence-corrected chi connectivity index (χ4v) is 2.22. The minimum absolute atomic E-state index is 0.741. The van der Waals surface area contributed by atoms with Gasteiger partial charge in [0.15, 0.2) is 0 Å². The van der Waals surface area contributed by atoms with Crippen LogP contribution in [-0.2, 0) is 0 Å². The van der Waals surface area contributed by atoms with Gasteiger partial charge in [-0.1, -0.05) is 13.8 Å². The lowest BCUT2D eigenvalue weighted by molar-refractivity contribution is 0.197. The van der Waals surface area contributed by atoms with E-state index in [-0.39, 0.29) is 0 Å². The maximum absolute atomic E-state index is 2.64. The van der Waals surface area contributed by atoms with Gasteiger partial charge in [-0.05, 0) is 32.6 Å². The largest absolute Gasteiger partial charge is 0.298 e. The quantitative estimate of drug-likeness (QED) is 0.592. The molecule has 1 heteroatoms.